The maximum atomic E-state index is 5.89. The fourth-order valence-electron chi connectivity index (χ4n) is 2.11. The van der Waals surface area contributed by atoms with Crippen molar-refractivity contribution in [2.75, 3.05) is 6.61 Å². The molecule has 0 aromatic heterocycles. The topological polar surface area (TPSA) is 21.3 Å². The average molecular weight is 199 g/mol. The van der Waals surface area contributed by atoms with E-state index in [1.165, 1.54) is 19.3 Å². The maximum Gasteiger partial charge on any atom is 0.0604 e. The molecule has 1 rings (SSSR count). The molecule has 1 saturated heterocycles. The summed E-state index contributed by atoms with van der Waals surface area (Å²) >= 11 is 0. The minimum Gasteiger partial charge on any atom is -0.378 e. The molecule has 2 heteroatoms. The number of hydrogen-bond donors (Lipinski definition) is 1. The van der Waals surface area contributed by atoms with E-state index in [-0.39, 0.29) is 0 Å². The van der Waals surface area contributed by atoms with Gasteiger partial charge in [0.15, 0.2) is 0 Å². The SMILES string of the molecule is CC(C)CCOC1CC(C)NC(C)C1. The third kappa shape index (κ3) is 4.43. The van der Waals surface area contributed by atoms with E-state index in [0.29, 0.717) is 18.2 Å². The van der Waals surface area contributed by atoms with Gasteiger partial charge in [0, 0.05) is 18.7 Å². The van der Waals surface area contributed by atoms with E-state index in [1.807, 2.05) is 0 Å². The lowest BCUT2D eigenvalue weighted by Crippen LogP contribution is -2.45. The van der Waals surface area contributed by atoms with Crippen molar-refractivity contribution in [3.05, 3.63) is 0 Å². The lowest BCUT2D eigenvalue weighted by molar-refractivity contribution is 0.00909. The van der Waals surface area contributed by atoms with E-state index in [2.05, 4.69) is 33.0 Å². The van der Waals surface area contributed by atoms with Crippen molar-refractivity contribution in [1.29, 1.82) is 0 Å². The van der Waals surface area contributed by atoms with Crippen LogP contribution in [-0.2, 0) is 4.74 Å². The third-order valence-corrected chi connectivity index (χ3v) is 2.85. The average Bonchev–Trinajstić information content (AvgIpc) is 2.01. The monoisotopic (exact) mass is 199 g/mol. The lowest BCUT2D eigenvalue weighted by atomic mass is 9.97. The van der Waals surface area contributed by atoms with Gasteiger partial charge in [0.25, 0.3) is 0 Å². The smallest absolute Gasteiger partial charge is 0.0604 e. The highest BCUT2D eigenvalue weighted by Crippen LogP contribution is 2.17. The summed E-state index contributed by atoms with van der Waals surface area (Å²) in [5.41, 5.74) is 0. The molecule has 0 saturated carbocycles. The van der Waals surface area contributed by atoms with E-state index >= 15 is 0 Å². The Kier molecular flexibility index (Phi) is 4.90. The number of ether oxygens (including phenoxy) is 1. The molecule has 0 spiro atoms. The van der Waals surface area contributed by atoms with Crippen molar-refractivity contribution in [2.24, 2.45) is 5.92 Å². The number of rotatable bonds is 4. The summed E-state index contributed by atoms with van der Waals surface area (Å²) in [5.74, 6) is 0.756. The van der Waals surface area contributed by atoms with Crippen LogP contribution in [0.4, 0.5) is 0 Å². The highest BCUT2D eigenvalue weighted by Gasteiger charge is 2.23. The zero-order chi connectivity index (χ0) is 10.6. The second-order valence-electron chi connectivity index (χ2n) is 5.12. The molecule has 2 nitrogen and oxygen atoms in total. The van der Waals surface area contributed by atoms with E-state index in [4.69, 9.17) is 4.74 Å². The predicted octanol–water partition coefficient (Wildman–Crippen LogP) is 2.58. The van der Waals surface area contributed by atoms with Gasteiger partial charge >= 0.3 is 0 Å². The molecule has 14 heavy (non-hydrogen) atoms. The first-order valence-electron chi connectivity index (χ1n) is 5.95. The summed E-state index contributed by atoms with van der Waals surface area (Å²) in [5, 5.41) is 3.53. The van der Waals surface area contributed by atoms with Gasteiger partial charge < -0.3 is 10.1 Å². The van der Waals surface area contributed by atoms with Gasteiger partial charge in [0.05, 0.1) is 6.10 Å². The largest absolute Gasteiger partial charge is 0.378 e. The molecule has 0 aliphatic carbocycles. The van der Waals surface area contributed by atoms with Gasteiger partial charge in [-0.3, -0.25) is 0 Å². The molecule has 0 aromatic carbocycles. The predicted molar refractivity (Wildman–Crippen MR) is 60.5 cm³/mol. The van der Waals surface area contributed by atoms with E-state index in [9.17, 15) is 0 Å². The van der Waals surface area contributed by atoms with Crippen molar-refractivity contribution >= 4 is 0 Å². The van der Waals surface area contributed by atoms with Crippen molar-refractivity contribution in [3.8, 4) is 0 Å². The van der Waals surface area contributed by atoms with Crippen molar-refractivity contribution in [3.63, 3.8) is 0 Å². The highest BCUT2D eigenvalue weighted by molar-refractivity contribution is 4.81. The van der Waals surface area contributed by atoms with Crippen LogP contribution in [0.5, 0.6) is 0 Å². The van der Waals surface area contributed by atoms with Gasteiger partial charge in [-0.1, -0.05) is 13.8 Å². The molecule has 2 unspecified atom stereocenters. The second kappa shape index (κ2) is 5.72. The van der Waals surface area contributed by atoms with Gasteiger partial charge in [-0.2, -0.15) is 0 Å². The molecule has 1 aliphatic rings. The fourth-order valence-corrected chi connectivity index (χ4v) is 2.11. The minimum absolute atomic E-state index is 0.486. The van der Waals surface area contributed by atoms with E-state index in [0.717, 1.165) is 12.5 Å². The second-order valence-corrected chi connectivity index (χ2v) is 5.12. The molecular weight excluding hydrogens is 174 g/mol. The summed E-state index contributed by atoms with van der Waals surface area (Å²) in [6.07, 6.45) is 4.01. The zero-order valence-corrected chi connectivity index (χ0v) is 10.0. The van der Waals surface area contributed by atoms with Crippen LogP contribution >= 0.6 is 0 Å². The summed E-state index contributed by atoms with van der Waals surface area (Å²) in [7, 11) is 0. The molecule has 1 fully saturated rings. The van der Waals surface area contributed by atoms with Crippen LogP contribution in [0, 0.1) is 5.92 Å². The molecule has 1 N–H and O–H groups in total. The Bertz CT molecular complexity index is 148. The van der Waals surface area contributed by atoms with Crippen LogP contribution in [0.1, 0.15) is 47.0 Å². The Balaban J connectivity index is 2.17. The van der Waals surface area contributed by atoms with Crippen molar-refractivity contribution in [1.82, 2.24) is 5.32 Å². The standard InChI is InChI=1S/C12H25NO/c1-9(2)5-6-14-12-7-10(3)13-11(4)8-12/h9-13H,5-8H2,1-4H3. The fraction of sp³-hybridized carbons (Fsp3) is 1.00. The van der Waals surface area contributed by atoms with Gasteiger partial charge in [0.1, 0.15) is 0 Å². The molecule has 1 aliphatic heterocycles. The Morgan fingerprint density at radius 2 is 1.79 bits per heavy atom. The molecule has 0 radical (unpaired) electrons. The van der Waals surface area contributed by atoms with Crippen LogP contribution < -0.4 is 5.32 Å². The first-order valence-corrected chi connectivity index (χ1v) is 5.95. The Labute approximate surface area is 88.4 Å². The van der Waals surface area contributed by atoms with Crippen LogP contribution in [0.3, 0.4) is 0 Å². The molecule has 84 valence electrons. The van der Waals surface area contributed by atoms with Crippen molar-refractivity contribution < 1.29 is 4.74 Å². The Hall–Kier alpha value is -0.0800. The molecule has 0 aromatic rings. The Morgan fingerprint density at radius 1 is 1.21 bits per heavy atom. The molecule has 0 amide bonds. The first kappa shape index (κ1) is 12.0. The van der Waals surface area contributed by atoms with Crippen LogP contribution in [0.15, 0.2) is 0 Å². The third-order valence-electron chi connectivity index (χ3n) is 2.85. The summed E-state index contributed by atoms with van der Waals surface area (Å²) in [6, 6.07) is 1.23. The summed E-state index contributed by atoms with van der Waals surface area (Å²) in [6.45, 7) is 9.92. The van der Waals surface area contributed by atoms with Gasteiger partial charge in [-0.05, 0) is 39.0 Å². The van der Waals surface area contributed by atoms with Crippen LogP contribution in [0.25, 0.3) is 0 Å². The summed E-state index contributed by atoms with van der Waals surface area (Å²) < 4.78 is 5.89. The van der Waals surface area contributed by atoms with Crippen LogP contribution in [0.2, 0.25) is 0 Å². The highest BCUT2D eigenvalue weighted by atomic mass is 16.5. The molecular formula is C12H25NO. The molecule has 0 bridgehead atoms. The van der Waals surface area contributed by atoms with Gasteiger partial charge in [0.2, 0.25) is 0 Å². The number of piperidine rings is 1. The lowest BCUT2D eigenvalue weighted by Gasteiger charge is -2.32. The van der Waals surface area contributed by atoms with E-state index in [1.54, 1.807) is 0 Å². The maximum absolute atomic E-state index is 5.89. The quantitative estimate of drug-likeness (QED) is 0.751. The van der Waals surface area contributed by atoms with Gasteiger partial charge in [-0.15, -0.1) is 0 Å². The minimum atomic E-state index is 0.486. The number of hydrogen-bond acceptors (Lipinski definition) is 2. The number of nitrogens with one attached hydrogen (secondary N) is 1. The molecule has 2 atom stereocenters. The van der Waals surface area contributed by atoms with Crippen LogP contribution in [-0.4, -0.2) is 24.8 Å². The zero-order valence-electron chi connectivity index (χ0n) is 10.0. The van der Waals surface area contributed by atoms with E-state index < -0.39 is 0 Å². The molecule has 1 heterocycles. The summed E-state index contributed by atoms with van der Waals surface area (Å²) in [4.78, 5) is 0. The van der Waals surface area contributed by atoms with Gasteiger partial charge in [-0.25, -0.2) is 0 Å². The first-order chi connectivity index (χ1) is 6.58. The normalized spacial score (nSPS) is 33.6. The van der Waals surface area contributed by atoms with Crippen molar-refractivity contribution in [2.45, 2.75) is 65.1 Å². The Morgan fingerprint density at radius 3 is 2.29 bits per heavy atom.